The number of nitrogens with one attached hydrogen (secondary N) is 1. The Morgan fingerprint density at radius 3 is 2.35 bits per heavy atom. The fraction of sp³-hybridized carbons (Fsp3) is 0.538. The van der Waals surface area contributed by atoms with Gasteiger partial charge in [-0.3, -0.25) is 0 Å². The zero-order valence-corrected chi connectivity index (χ0v) is 12.1. The molecule has 1 N–H and O–H groups in total. The molecule has 0 radical (unpaired) electrons. The quantitative estimate of drug-likeness (QED) is 0.781. The van der Waals surface area contributed by atoms with E-state index in [1.165, 1.54) is 12.1 Å². The lowest BCUT2D eigenvalue weighted by molar-refractivity contribution is 0.359. The van der Waals surface area contributed by atoms with Crippen LogP contribution in [0.1, 0.15) is 39.3 Å². The minimum Gasteiger partial charge on any atom is -0.310 e. The molecule has 0 saturated carbocycles. The monoisotopic (exact) mass is 277 g/mol. The van der Waals surface area contributed by atoms with Gasteiger partial charge in [0, 0.05) is 17.6 Å². The fourth-order valence-electron chi connectivity index (χ4n) is 1.44. The van der Waals surface area contributed by atoms with E-state index in [4.69, 9.17) is 23.2 Å². The van der Waals surface area contributed by atoms with Crippen LogP contribution in [-0.4, -0.2) is 6.54 Å². The molecule has 0 heterocycles. The normalized spacial score (nSPS) is 13.8. The minimum absolute atomic E-state index is 0.00603. The van der Waals surface area contributed by atoms with Crippen LogP contribution >= 0.6 is 23.2 Å². The fourth-order valence-corrected chi connectivity index (χ4v) is 1.99. The summed E-state index contributed by atoms with van der Waals surface area (Å²) in [6.45, 7) is 9.19. The first-order chi connectivity index (χ1) is 7.70. The van der Waals surface area contributed by atoms with Crippen LogP contribution in [-0.2, 0) is 0 Å². The maximum Gasteiger partial charge on any atom is 0.142 e. The number of halogens is 3. The number of rotatable bonds is 3. The van der Waals surface area contributed by atoms with Gasteiger partial charge in [-0.25, -0.2) is 4.39 Å². The van der Waals surface area contributed by atoms with Crippen LogP contribution in [0.5, 0.6) is 0 Å². The Morgan fingerprint density at radius 1 is 1.24 bits per heavy atom. The Hall–Kier alpha value is -0.310. The lowest BCUT2D eigenvalue weighted by Crippen LogP contribution is -2.29. The Kier molecular flexibility index (Phi) is 4.82. The van der Waals surface area contributed by atoms with Gasteiger partial charge < -0.3 is 5.32 Å². The number of hydrogen-bond acceptors (Lipinski definition) is 1. The van der Waals surface area contributed by atoms with Gasteiger partial charge in [0.25, 0.3) is 0 Å². The van der Waals surface area contributed by atoms with Gasteiger partial charge >= 0.3 is 0 Å². The van der Waals surface area contributed by atoms with Crippen molar-refractivity contribution in [1.82, 2.24) is 5.32 Å². The van der Waals surface area contributed by atoms with E-state index in [2.05, 4.69) is 26.1 Å². The first-order valence-electron chi connectivity index (χ1n) is 5.58. The first kappa shape index (κ1) is 14.7. The largest absolute Gasteiger partial charge is 0.310 e. The molecule has 0 aliphatic carbocycles. The van der Waals surface area contributed by atoms with Crippen LogP contribution in [0.3, 0.4) is 0 Å². The van der Waals surface area contributed by atoms with E-state index < -0.39 is 5.82 Å². The summed E-state index contributed by atoms with van der Waals surface area (Å²) in [5.41, 5.74) is 0.906. The summed E-state index contributed by atoms with van der Waals surface area (Å²) in [4.78, 5) is 0. The Morgan fingerprint density at radius 2 is 1.82 bits per heavy atom. The molecule has 0 spiro atoms. The van der Waals surface area contributed by atoms with Crippen LogP contribution < -0.4 is 5.32 Å². The van der Waals surface area contributed by atoms with Gasteiger partial charge in [-0.2, -0.15) is 0 Å². The van der Waals surface area contributed by atoms with Gasteiger partial charge in [-0.1, -0.05) is 44.0 Å². The molecule has 0 aliphatic heterocycles. The van der Waals surface area contributed by atoms with Crippen molar-refractivity contribution in [1.29, 1.82) is 0 Å². The lowest BCUT2D eigenvalue weighted by atomic mass is 9.96. The molecule has 1 atom stereocenters. The predicted molar refractivity (Wildman–Crippen MR) is 72.3 cm³/mol. The lowest BCUT2D eigenvalue weighted by Gasteiger charge is -2.23. The van der Waals surface area contributed by atoms with Gasteiger partial charge in [-0.15, -0.1) is 0 Å². The van der Waals surface area contributed by atoms with E-state index in [0.29, 0.717) is 5.02 Å². The van der Waals surface area contributed by atoms with Crippen molar-refractivity contribution in [3.8, 4) is 0 Å². The van der Waals surface area contributed by atoms with Crippen molar-refractivity contribution in [2.75, 3.05) is 6.54 Å². The molecule has 4 heteroatoms. The highest BCUT2D eigenvalue weighted by Gasteiger charge is 2.16. The molecule has 1 aromatic carbocycles. The third-order valence-electron chi connectivity index (χ3n) is 2.44. The van der Waals surface area contributed by atoms with Crippen LogP contribution in [0.2, 0.25) is 10.0 Å². The molecule has 1 aromatic rings. The molecule has 1 unspecified atom stereocenters. The van der Waals surface area contributed by atoms with E-state index >= 15 is 0 Å². The molecular formula is C13H18Cl2FN. The van der Waals surface area contributed by atoms with Crippen molar-refractivity contribution in [3.63, 3.8) is 0 Å². The summed E-state index contributed by atoms with van der Waals surface area (Å²) in [5.74, 6) is -0.435. The van der Waals surface area contributed by atoms with Gasteiger partial charge in [0.1, 0.15) is 5.82 Å². The second-order valence-corrected chi connectivity index (χ2v) is 6.27. The summed E-state index contributed by atoms with van der Waals surface area (Å²) < 4.78 is 13.4. The molecule has 0 saturated heterocycles. The third kappa shape index (κ3) is 4.46. The van der Waals surface area contributed by atoms with Gasteiger partial charge in [0.2, 0.25) is 0 Å². The summed E-state index contributed by atoms with van der Waals surface area (Å²) in [5, 5.41) is 3.88. The van der Waals surface area contributed by atoms with Crippen LogP contribution in [0.15, 0.2) is 12.1 Å². The van der Waals surface area contributed by atoms with Gasteiger partial charge in [-0.05, 0) is 30.0 Å². The number of benzene rings is 1. The predicted octanol–water partition coefficient (Wildman–Crippen LogP) is 4.83. The van der Waals surface area contributed by atoms with Crippen LogP contribution in [0.4, 0.5) is 4.39 Å². The molecule has 0 bridgehead atoms. The van der Waals surface area contributed by atoms with Crippen molar-refractivity contribution in [2.24, 2.45) is 5.41 Å². The van der Waals surface area contributed by atoms with Crippen molar-refractivity contribution < 1.29 is 4.39 Å². The molecule has 0 fully saturated rings. The minimum atomic E-state index is -0.435. The van der Waals surface area contributed by atoms with Crippen LogP contribution in [0, 0.1) is 11.2 Å². The maximum atomic E-state index is 13.4. The average Bonchev–Trinajstić information content (AvgIpc) is 2.19. The Bertz CT molecular complexity index is 399. The molecule has 1 nitrogen and oxygen atoms in total. The zero-order chi connectivity index (χ0) is 13.2. The topological polar surface area (TPSA) is 12.0 Å². The molecule has 96 valence electrons. The Balaban J connectivity index is 2.82. The summed E-state index contributed by atoms with van der Waals surface area (Å²) in [6, 6.07) is 2.84. The van der Waals surface area contributed by atoms with E-state index in [1.807, 2.05) is 6.92 Å². The summed E-state index contributed by atoms with van der Waals surface area (Å²) in [6.07, 6.45) is 0. The molecule has 0 aliphatic rings. The van der Waals surface area contributed by atoms with E-state index in [-0.39, 0.29) is 16.5 Å². The standard InChI is InChI=1S/C13H18Cl2FN/c1-8(17-7-13(2,3)4)9-5-12(16)11(15)6-10(9)14/h5-6,8,17H,7H2,1-4H3. The van der Waals surface area contributed by atoms with Gasteiger partial charge in [0.05, 0.1) is 5.02 Å². The second-order valence-electron chi connectivity index (χ2n) is 5.45. The van der Waals surface area contributed by atoms with Crippen LogP contribution in [0.25, 0.3) is 0 Å². The smallest absolute Gasteiger partial charge is 0.142 e. The Labute approximate surface area is 112 Å². The molecule has 17 heavy (non-hydrogen) atoms. The highest BCUT2D eigenvalue weighted by atomic mass is 35.5. The van der Waals surface area contributed by atoms with E-state index in [9.17, 15) is 4.39 Å². The van der Waals surface area contributed by atoms with Crippen molar-refractivity contribution in [2.45, 2.75) is 33.7 Å². The molecule has 0 amide bonds. The number of hydrogen-bond donors (Lipinski definition) is 1. The summed E-state index contributed by atoms with van der Waals surface area (Å²) >= 11 is 11.7. The second kappa shape index (κ2) is 5.55. The molecule has 0 aromatic heterocycles. The van der Waals surface area contributed by atoms with E-state index in [0.717, 1.165) is 12.1 Å². The van der Waals surface area contributed by atoms with E-state index in [1.54, 1.807) is 0 Å². The highest BCUT2D eigenvalue weighted by Crippen LogP contribution is 2.29. The van der Waals surface area contributed by atoms with Gasteiger partial charge in [0.15, 0.2) is 0 Å². The molecule has 1 rings (SSSR count). The SMILES string of the molecule is CC(NCC(C)(C)C)c1cc(F)c(Cl)cc1Cl. The van der Waals surface area contributed by atoms with Crippen molar-refractivity contribution >= 4 is 23.2 Å². The highest BCUT2D eigenvalue weighted by molar-refractivity contribution is 6.35. The van der Waals surface area contributed by atoms with Crippen molar-refractivity contribution in [3.05, 3.63) is 33.6 Å². The maximum absolute atomic E-state index is 13.4. The third-order valence-corrected chi connectivity index (χ3v) is 3.06. The zero-order valence-electron chi connectivity index (χ0n) is 10.6. The molecular weight excluding hydrogens is 260 g/mol. The first-order valence-corrected chi connectivity index (χ1v) is 6.34. The summed E-state index contributed by atoms with van der Waals surface area (Å²) in [7, 11) is 0. The average molecular weight is 278 g/mol.